The number of ether oxygens (including phenoxy) is 1. The van der Waals surface area contributed by atoms with Gasteiger partial charge in [0.1, 0.15) is 23.9 Å². The molecule has 2 N–H and O–H groups in total. The Balaban J connectivity index is 1.86. The zero-order chi connectivity index (χ0) is 19.6. The largest absolute Gasteiger partial charge is 0.494 e. The Kier molecular flexibility index (Phi) is 5.75. The molecule has 5 nitrogen and oxygen atoms in total. The maximum atomic E-state index is 12.7. The highest BCUT2D eigenvalue weighted by atomic mass is 35.5. The summed E-state index contributed by atoms with van der Waals surface area (Å²) < 4.78 is 10.8. The van der Waals surface area contributed by atoms with Gasteiger partial charge in [-0.15, -0.1) is 0 Å². The predicted molar refractivity (Wildman–Crippen MR) is 106 cm³/mol. The van der Waals surface area contributed by atoms with Crippen LogP contribution in [0.5, 0.6) is 5.75 Å². The van der Waals surface area contributed by atoms with Gasteiger partial charge in [-0.1, -0.05) is 23.2 Å². The van der Waals surface area contributed by atoms with Crippen molar-refractivity contribution < 1.29 is 19.1 Å². The Labute approximate surface area is 166 Å². The molecule has 0 aliphatic rings. The van der Waals surface area contributed by atoms with Crippen molar-refractivity contribution in [3.8, 4) is 17.1 Å². The van der Waals surface area contributed by atoms with E-state index >= 15 is 0 Å². The standard InChI is InChI=1S/C20H17Cl2NO4/c1-11-7-13(3-5-15(11)18-6-4-14(10-24)27-18)23-20(25)16-8-12(21)9-17(22)19(16)26-2/h3-9,24H,10H2,1-2H3,(H,23,25). The second-order valence-electron chi connectivity index (χ2n) is 5.88. The Morgan fingerprint density at radius 2 is 1.96 bits per heavy atom. The molecule has 1 amide bonds. The van der Waals surface area contributed by atoms with Crippen LogP contribution in [0.4, 0.5) is 5.69 Å². The van der Waals surface area contributed by atoms with Crippen LogP contribution in [-0.2, 0) is 6.61 Å². The molecule has 1 aromatic heterocycles. The van der Waals surface area contributed by atoms with E-state index in [0.717, 1.165) is 11.1 Å². The van der Waals surface area contributed by atoms with E-state index in [2.05, 4.69) is 5.32 Å². The van der Waals surface area contributed by atoms with Crippen molar-refractivity contribution in [3.63, 3.8) is 0 Å². The maximum Gasteiger partial charge on any atom is 0.259 e. The summed E-state index contributed by atoms with van der Waals surface area (Å²) >= 11 is 12.1. The summed E-state index contributed by atoms with van der Waals surface area (Å²) in [5.74, 6) is 1.02. The van der Waals surface area contributed by atoms with Crippen LogP contribution in [0.15, 0.2) is 46.9 Å². The van der Waals surface area contributed by atoms with Crippen molar-refractivity contribution >= 4 is 34.8 Å². The first-order valence-corrected chi connectivity index (χ1v) is 8.83. The minimum Gasteiger partial charge on any atom is -0.494 e. The highest BCUT2D eigenvalue weighted by molar-refractivity contribution is 6.36. The average molecular weight is 406 g/mol. The number of amides is 1. The lowest BCUT2D eigenvalue weighted by molar-refractivity contribution is 0.102. The fourth-order valence-electron chi connectivity index (χ4n) is 2.76. The SMILES string of the molecule is COc1c(Cl)cc(Cl)cc1C(=O)Nc1ccc(-c2ccc(CO)o2)c(C)c1. The molecule has 0 atom stereocenters. The molecule has 0 saturated heterocycles. The molecule has 0 fully saturated rings. The van der Waals surface area contributed by atoms with Gasteiger partial charge in [0, 0.05) is 16.3 Å². The number of nitrogens with one attached hydrogen (secondary N) is 1. The Hall–Kier alpha value is -2.47. The number of methoxy groups -OCH3 is 1. The normalized spacial score (nSPS) is 10.7. The number of carbonyl (C=O) groups is 1. The summed E-state index contributed by atoms with van der Waals surface area (Å²) in [6.07, 6.45) is 0. The van der Waals surface area contributed by atoms with Crippen molar-refractivity contribution in [2.24, 2.45) is 0 Å². The third-order valence-corrected chi connectivity index (χ3v) is 4.52. The maximum absolute atomic E-state index is 12.7. The smallest absolute Gasteiger partial charge is 0.259 e. The van der Waals surface area contributed by atoms with E-state index < -0.39 is 0 Å². The lowest BCUT2D eigenvalue weighted by Gasteiger charge is -2.12. The van der Waals surface area contributed by atoms with E-state index in [0.29, 0.717) is 22.2 Å². The van der Waals surface area contributed by atoms with Crippen molar-refractivity contribution in [1.29, 1.82) is 0 Å². The first-order chi connectivity index (χ1) is 12.9. The molecule has 0 unspecified atom stereocenters. The molecular weight excluding hydrogens is 389 g/mol. The van der Waals surface area contributed by atoms with Crippen LogP contribution in [0.25, 0.3) is 11.3 Å². The fourth-order valence-corrected chi connectivity index (χ4v) is 3.33. The first kappa shape index (κ1) is 19.3. The molecule has 0 radical (unpaired) electrons. The van der Waals surface area contributed by atoms with Crippen LogP contribution >= 0.6 is 23.2 Å². The van der Waals surface area contributed by atoms with E-state index in [1.54, 1.807) is 18.2 Å². The number of anilines is 1. The van der Waals surface area contributed by atoms with Gasteiger partial charge >= 0.3 is 0 Å². The zero-order valence-electron chi connectivity index (χ0n) is 14.7. The van der Waals surface area contributed by atoms with Gasteiger partial charge in [0.2, 0.25) is 0 Å². The number of hydrogen-bond donors (Lipinski definition) is 2. The van der Waals surface area contributed by atoms with Gasteiger partial charge in [-0.25, -0.2) is 0 Å². The van der Waals surface area contributed by atoms with E-state index in [4.69, 9.17) is 37.5 Å². The molecule has 2 aromatic carbocycles. The van der Waals surface area contributed by atoms with Gasteiger partial charge < -0.3 is 19.6 Å². The lowest BCUT2D eigenvalue weighted by Crippen LogP contribution is -2.13. The van der Waals surface area contributed by atoms with Crippen molar-refractivity contribution in [3.05, 3.63) is 69.4 Å². The van der Waals surface area contributed by atoms with Crippen LogP contribution in [0, 0.1) is 6.92 Å². The predicted octanol–water partition coefficient (Wildman–Crippen LogP) is 5.32. The van der Waals surface area contributed by atoms with Crippen LogP contribution in [0.3, 0.4) is 0 Å². The van der Waals surface area contributed by atoms with Crippen LogP contribution in [0.1, 0.15) is 21.7 Å². The van der Waals surface area contributed by atoms with Crippen LogP contribution in [-0.4, -0.2) is 18.1 Å². The van der Waals surface area contributed by atoms with E-state index in [1.807, 2.05) is 19.1 Å². The number of furan rings is 1. The molecular formula is C20H17Cl2NO4. The first-order valence-electron chi connectivity index (χ1n) is 8.08. The molecule has 0 spiro atoms. The summed E-state index contributed by atoms with van der Waals surface area (Å²) in [7, 11) is 1.44. The lowest BCUT2D eigenvalue weighted by atomic mass is 10.1. The highest BCUT2D eigenvalue weighted by Crippen LogP contribution is 2.33. The number of hydrogen-bond acceptors (Lipinski definition) is 4. The van der Waals surface area contributed by atoms with Crippen LogP contribution < -0.4 is 10.1 Å². The zero-order valence-corrected chi connectivity index (χ0v) is 16.2. The number of aryl methyl sites for hydroxylation is 1. The van der Waals surface area contributed by atoms with Gasteiger partial charge in [0.05, 0.1) is 17.7 Å². The molecule has 3 aromatic rings. The van der Waals surface area contributed by atoms with E-state index in [1.165, 1.54) is 19.2 Å². The van der Waals surface area contributed by atoms with Gasteiger partial charge in [-0.2, -0.15) is 0 Å². The van der Waals surface area contributed by atoms with E-state index in [9.17, 15) is 4.79 Å². The Morgan fingerprint density at radius 1 is 1.19 bits per heavy atom. The summed E-state index contributed by atoms with van der Waals surface area (Å²) in [5.41, 5.74) is 2.63. The molecule has 1 heterocycles. The molecule has 0 aliphatic heterocycles. The number of benzene rings is 2. The van der Waals surface area contributed by atoms with Gasteiger partial charge in [0.25, 0.3) is 5.91 Å². The summed E-state index contributed by atoms with van der Waals surface area (Å²) in [6.45, 7) is 1.75. The molecule has 0 aliphatic carbocycles. The number of aliphatic hydroxyl groups excluding tert-OH is 1. The molecule has 27 heavy (non-hydrogen) atoms. The van der Waals surface area contributed by atoms with Crippen LogP contribution in [0.2, 0.25) is 10.0 Å². The van der Waals surface area contributed by atoms with Gasteiger partial charge in [-0.3, -0.25) is 4.79 Å². The number of halogens is 2. The fraction of sp³-hybridized carbons (Fsp3) is 0.150. The Bertz CT molecular complexity index is 998. The number of aliphatic hydroxyl groups is 1. The summed E-state index contributed by atoms with van der Waals surface area (Å²) in [4.78, 5) is 12.7. The Morgan fingerprint density at radius 3 is 2.59 bits per heavy atom. The average Bonchev–Trinajstić information content (AvgIpc) is 3.10. The molecule has 0 bridgehead atoms. The summed E-state index contributed by atoms with van der Waals surface area (Å²) in [6, 6.07) is 12.0. The summed E-state index contributed by atoms with van der Waals surface area (Å²) in [5, 5.41) is 12.6. The highest BCUT2D eigenvalue weighted by Gasteiger charge is 2.17. The number of carbonyl (C=O) groups excluding carboxylic acids is 1. The quantitative estimate of drug-likeness (QED) is 0.602. The second kappa shape index (κ2) is 8.05. The third-order valence-electron chi connectivity index (χ3n) is 4.02. The van der Waals surface area contributed by atoms with Crippen molar-refractivity contribution in [1.82, 2.24) is 0 Å². The third kappa shape index (κ3) is 4.11. The van der Waals surface area contributed by atoms with E-state index in [-0.39, 0.29) is 28.8 Å². The molecule has 7 heteroatoms. The topological polar surface area (TPSA) is 71.7 Å². The minimum atomic E-state index is -0.385. The second-order valence-corrected chi connectivity index (χ2v) is 6.72. The molecule has 3 rings (SSSR count). The van der Waals surface area contributed by atoms with Crippen molar-refractivity contribution in [2.75, 3.05) is 12.4 Å². The van der Waals surface area contributed by atoms with Gasteiger partial charge in [-0.05, 0) is 55.0 Å². The van der Waals surface area contributed by atoms with Crippen molar-refractivity contribution in [2.45, 2.75) is 13.5 Å². The molecule has 140 valence electrons. The van der Waals surface area contributed by atoms with Gasteiger partial charge in [0.15, 0.2) is 0 Å². The monoisotopic (exact) mass is 405 g/mol. The number of rotatable bonds is 5. The minimum absolute atomic E-state index is 0.156. The molecule has 0 saturated carbocycles.